The van der Waals surface area contributed by atoms with Crippen molar-refractivity contribution in [3.8, 4) is 11.5 Å². The number of rotatable bonds is 14. The fraction of sp³-hybridized carbons (Fsp3) is 0.517. The predicted molar refractivity (Wildman–Crippen MR) is 137 cm³/mol. The number of ether oxygens (including phenoxy) is 2. The van der Waals surface area contributed by atoms with Crippen molar-refractivity contribution in [2.75, 3.05) is 13.1 Å². The summed E-state index contributed by atoms with van der Waals surface area (Å²) in [5, 5.41) is 5.98. The van der Waals surface area contributed by atoms with Gasteiger partial charge in [0.2, 0.25) is 0 Å². The molecule has 2 saturated carbocycles. The minimum Gasteiger partial charge on any atom is -0.490 e. The standard InChI is InChI=1S/C29H38N2O4/c32-28(22-12-16-26(17-13-22)34-24-8-6-9-24)30-20-4-2-1-3-5-21-31-29(33)23-14-18-27(19-15-23)35-25-10-7-11-25/h12-19,24-25H,1-11,20-21H2,(H,30,32)(H,31,33). The number of benzene rings is 2. The molecule has 2 aromatic carbocycles. The van der Waals surface area contributed by atoms with Crippen molar-refractivity contribution in [1.82, 2.24) is 10.6 Å². The third-order valence-corrected chi connectivity index (χ3v) is 6.87. The van der Waals surface area contributed by atoms with Crippen LogP contribution in [-0.4, -0.2) is 37.1 Å². The molecule has 0 bridgehead atoms. The van der Waals surface area contributed by atoms with Gasteiger partial charge in [0.05, 0.1) is 12.2 Å². The van der Waals surface area contributed by atoms with Crippen molar-refractivity contribution >= 4 is 11.8 Å². The lowest BCUT2D eigenvalue weighted by atomic mass is 9.96. The number of nitrogens with one attached hydrogen (secondary N) is 2. The summed E-state index contributed by atoms with van der Waals surface area (Å²) in [6, 6.07) is 14.8. The van der Waals surface area contributed by atoms with E-state index in [0.717, 1.165) is 69.3 Å². The largest absolute Gasteiger partial charge is 0.490 e. The van der Waals surface area contributed by atoms with Crippen LogP contribution in [0.5, 0.6) is 11.5 Å². The summed E-state index contributed by atoms with van der Waals surface area (Å²) >= 11 is 0. The molecule has 35 heavy (non-hydrogen) atoms. The zero-order chi connectivity index (χ0) is 24.3. The van der Waals surface area contributed by atoms with Crippen LogP contribution in [-0.2, 0) is 0 Å². The maximum Gasteiger partial charge on any atom is 0.251 e. The molecule has 2 aromatic rings. The van der Waals surface area contributed by atoms with Crippen molar-refractivity contribution in [1.29, 1.82) is 0 Å². The highest BCUT2D eigenvalue weighted by molar-refractivity contribution is 5.94. The van der Waals surface area contributed by atoms with E-state index in [1.54, 1.807) is 0 Å². The molecule has 0 unspecified atom stereocenters. The summed E-state index contributed by atoms with van der Waals surface area (Å²) in [6.45, 7) is 1.35. The van der Waals surface area contributed by atoms with Gasteiger partial charge in [-0.2, -0.15) is 0 Å². The smallest absolute Gasteiger partial charge is 0.251 e. The van der Waals surface area contributed by atoms with E-state index in [1.165, 1.54) is 12.8 Å². The van der Waals surface area contributed by atoms with Crippen molar-refractivity contribution < 1.29 is 19.1 Å². The topological polar surface area (TPSA) is 76.7 Å². The highest BCUT2D eigenvalue weighted by atomic mass is 16.5. The highest BCUT2D eigenvalue weighted by Gasteiger charge is 2.20. The molecule has 0 saturated heterocycles. The third-order valence-electron chi connectivity index (χ3n) is 6.87. The molecule has 6 heteroatoms. The predicted octanol–water partition coefficient (Wildman–Crippen LogP) is 5.66. The van der Waals surface area contributed by atoms with E-state index >= 15 is 0 Å². The molecule has 2 aliphatic carbocycles. The lowest BCUT2D eigenvalue weighted by Crippen LogP contribution is -2.25. The lowest BCUT2D eigenvalue weighted by Gasteiger charge is -2.26. The van der Waals surface area contributed by atoms with Crippen LogP contribution in [0.3, 0.4) is 0 Å². The first-order valence-electron chi connectivity index (χ1n) is 13.3. The van der Waals surface area contributed by atoms with E-state index in [0.29, 0.717) is 36.4 Å². The molecular weight excluding hydrogens is 440 g/mol. The molecule has 6 nitrogen and oxygen atoms in total. The van der Waals surface area contributed by atoms with Gasteiger partial charge in [0.1, 0.15) is 11.5 Å². The normalized spacial score (nSPS) is 15.5. The minimum atomic E-state index is -0.0365. The van der Waals surface area contributed by atoms with Crippen LogP contribution in [0.2, 0.25) is 0 Å². The van der Waals surface area contributed by atoms with E-state index in [1.807, 2.05) is 48.5 Å². The molecule has 2 N–H and O–H groups in total. The van der Waals surface area contributed by atoms with E-state index in [2.05, 4.69) is 10.6 Å². The summed E-state index contributed by atoms with van der Waals surface area (Å²) < 4.78 is 11.7. The van der Waals surface area contributed by atoms with Gasteiger partial charge in [0, 0.05) is 24.2 Å². The van der Waals surface area contributed by atoms with Gasteiger partial charge in [-0.3, -0.25) is 9.59 Å². The Labute approximate surface area is 208 Å². The Morgan fingerprint density at radius 2 is 0.971 bits per heavy atom. The lowest BCUT2D eigenvalue weighted by molar-refractivity contribution is 0.0945. The molecule has 0 radical (unpaired) electrons. The maximum absolute atomic E-state index is 12.3. The van der Waals surface area contributed by atoms with E-state index in [4.69, 9.17) is 9.47 Å². The number of unbranched alkanes of at least 4 members (excludes halogenated alkanes) is 4. The summed E-state index contributed by atoms with van der Waals surface area (Å²) in [4.78, 5) is 24.6. The zero-order valence-corrected chi connectivity index (χ0v) is 20.6. The molecule has 2 aliphatic rings. The Morgan fingerprint density at radius 1 is 0.600 bits per heavy atom. The molecule has 0 heterocycles. The fourth-order valence-corrected chi connectivity index (χ4v) is 4.12. The number of hydrogen-bond acceptors (Lipinski definition) is 4. The van der Waals surface area contributed by atoms with Crippen LogP contribution in [0.1, 0.15) is 91.3 Å². The van der Waals surface area contributed by atoms with E-state index in [9.17, 15) is 9.59 Å². The van der Waals surface area contributed by atoms with Gasteiger partial charge in [-0.1, -0.05) is 19.3 Å². The SMILES string of the molecule is O=C(NCCCCCCCNC(=O)c1ccc(OC2CCC2)cc1)c1ccc(OC2CCC2)cc1. The third kappa shape index (κ3) is 8.01. The van der Waals surface area contributed by atoms with Crippen molar-refractivity contribution in [3.63, 3.8) is 0 Å². The van der Waals surface area contributed by atoms with Gasteiger partial charge in [0.25, 0.3) is 11.8 Å². The number of carbonyl (C=O) groups is 2. The Morgan fingerprint density at radius 3 is 1.31 bits per heavy atom. The van der Waals surface area contributed by atoms with Gasteiger partial charge in [0.15, 0.2) is 0 Å². The van der Waals surface area contributed by atoms with Gasteiger partial charge in [-0.05, 0) is 99.9 Å². The number of carbonyl (C=O) groups excluding carboxylic acids is 2. The average Bonchev–Trinajstić information content (AvgIpc) is 2.83. The van der Waals surface area contributed by atoms with Crippen molar-refractivity contribution in [2.45, 2.75) is 82.8 Å². The Kier molecular flexibility index (Phi) is 9.44. The van der Waals surface area contributed by atoms with E-state index < -0.39 is 0 Å². The van der Waals surface area contributed by atoms with Crippen molar-refractivity contribution in [3.05, 3.63) is 59.7 Å². The second-order valence-electron chi connectivity index (χ2n) is 9.67. The molecule has 2 amide bonds. The second kappa shape index (κ2) is 13.2. The van der Waals surface area contributed by atoms with Crippen LogP contribution in [0.4, 0.5) is 0 Å². The minimum absolute atomic E-state index is 0.0365. The van der Waals surface area contributed by atoms with Crippen LogP contribution in [0.25, 0.3) is 0 Å². The molecule has 0 aliphatic heterocycles. The average molecular weight is 479 g/mol. The van der Waals surface area contributed by atoms with E-state index in [-0.39, 0.29) is 11.8 Å². The number of hydrogen-bond donors (Lipinski definition) is 2. The molecule has 0 aromatic heterocycles. The van der Waals surface area contributed by atoms with Gasteiger partial charge in [-0.15, -0.1) is 0 Å². The van der Waals surface area contributed by atoms with Crippen LogP contribution in [0.15, 0.2) is 48.5 Å². The summed E-state index contributed by atoms with van der Waals surface area (Å²) in [6.07, 6.45) is 12.8. The van der Waals surface area contributed by atoms with Crippen LogP contribution < -0.4 is 20.1 Å². The zero-order valence-electron chi connectivity index (χ0n) is 20.6. The maximum atomic E-state index is 12.3. The van der Waals surface area contributed by atoms with Gasteiger partial charge >= 0.3 is 0 Å². The summed E-state index contributed by atoms with van der Waals surface area (Å²) in [5.41, 5.74) is 1.34. The Hall–Kier alpha value is -3.02. The summed E-state index contributed by atoms with van der Waals surface area (Å²) in [7, 11) is 0. The molecule has 188 valence electrons. The fourth-order valence-electron chi connectivity index (χ4n) is 4.12. The molecule has 0 atom stereocenters. The van der Waals surface area contributed by atoms with Gasteiger partial charge in [-0.25, -0.2) is 0 Å². The number of amides is 2. The quantitative estimate of drug-likeness (QED) is 0.344. The molecule has 2 fully saturated rings. The first-order valence-corrected chi connectivity index (χ1v) is 13.3. The highest BCUT2D eigenvalue weighted by Crippen LogP contribution is 2.26. The molecule has 4 rings (SSSR count). The van der Waals surface area contributed by atoms with Gasteiger partial charge < -0.3 is 20.1 Å². The van der Waals surface area contributed by atoms with Crippen LogP contribution >= 0.6 is 0 Å². The van der Waals surface area contributed by atoms with Crippen molar-refractivity contribution in [2.24, 2.45) is 0 Å². The Bertz CT molecular complexity index is 857. The first-order chi connectivity index (χ1) is 17.2. The monoisotopic (exact) mass is 478 g/mol. The first kappa shape index (κ1) is 25.1. The second-order valence-corrected chi connectivity index (χ2v) is 9.67. The molecule has 0 spiro atoms. The Balaban J connectivity index is 0.998. The summed E-state index contributed by atoms with van der Waals surface area (Å²) in [5.74, 6) is 1.61. The molecular formula is C29H38N2O4. The van der Waals surface area contributed by atoms with Crippen LogP contribution in [0, 0.1) is 0 Å².